The van der Waals surface area contributed by atoms with Gasteiger partial charge in [0.1, 0.15) is 11.6 Å². The Morgan fingerprint density at radius 2 is 0.500 bits per heavy atom. The molecule has 0 saturated heterocycles. The van der Waals surface area contributed by atoms with Crippen LogP contribution >= 0.6 is 0 Å². The summed E-state index contributed by atoms with van der Waals surface area (Å²) in [5.74, 6) is 3.32. The highest BCUT2D eigenvalue weighted by Crippen LogP contribution is 2.42. The average Bonchev–Trinajstić information content (AvgIpc) is 3.35. The van der Waals surface area contributed by atoms with Crippen molar-refractivity contribution in [3.63, 3.8) is 0 Å². The van der Waals surface area contributed by atoms with E-state index in [0.29, 0.717) is 17.6 Å². The van der Waals surface area contributed by atoms with Crippen LogP contribution in [0.4, 0.5) is 0 Å². The number of nitrogens with zero attached hydrogens (tertiary/aromatic N) is 8. The summed E-state index contributed by atoms with van der Waals surface area (Å²) in [6.45, 7) is 0. The second kappa shape index (κ2) is 18.2. The van der Waals surface area contributed by atoms with E-state index in [9.17, 15) is 0 Å². The first-order chi connectivity index (χ1) is 40.7. The maximum Gasteiger partial charge on any atom is 0.238 e. The molecule has 382 valence electrons. The van der Waals surface area contributed by atoms with Crippen LogP contribution in [-0.4, -0.2) is 38.2 Å². The quantitative estimate of drug-likeness (QED) is 0.152. The summed E-state index contributed by atoms with van der Waals surface area (Å²) in [6, 6.07) is 99.3. The summed E-state index contributed by atoms with van der Waals surface area (Å²) >= 11 is 0. The summed E-state index contributed by atoms with van der Waals surface area (Å²) < 4.78 is 9.32. The number of pyridine rings is 1. The molecule has 0 fully saturated rings. The fraction of sp³-hybridized carbons (Fsp3) is 0. The van der Waals surface area contributed by atoms with E-state index < -0.39 is 0 Å². The van der Waals surface area contributed by atoms with Crippen LogP contribution in [0.5, 0.6) is 0 Å². The zero-order chi connectivity index (χ0) is 53.8. The van der Waals surface area contributed by atoms with E-state index in [1.54, 1.807) is 0 Å². The highest BCUT2D eigenvalue weighted by atomic mass is 15.2. The lowest BCUT2D eigenvalue weighted by atomic mass is 10.0. The topological polar surface area (TPSA) is 71.3 Å². The average molecular weight is 1050 g/mol. The molecule has 0 bridgehead atoms. The van der Waals surface area contributed by atoms with E-state index in [1.807, 2.05) is 12.1 Å². The number of rotatable bonds is 8. The van der Waals surface area contributed by atoms with Gasteiger partial charge in [-0.05, 0) is 70.8 Å². The Labute approximate surface area is 470 Å². The first-order valence-electron chi connectivity index (χ1n) is 27.7. The van der Waals surface area contributed by atoms with Gasteiger partial charge in [0.05, 0.1) is 49.8 Å². The summed E-state index contributed by atoms with van der Waals surface area (Å²) in [5.41, 5.74) is 15.7. The Morgan fingerprint density at radius 1 is 0.195 bits per heavy atom. The summed E-state index contributed by atoms with van der Waals surface area (Å²) in [6.07, 6.45) is 0. The lowest BCUT2D eigenvalue weighted by Crippen LogP contribution is -2.07. The van der Waals surface area contributed by atoms with Crippen LogP contribution in [0.1, 0.15) is 0 Å². The number of para-hydroxylation sites is 6. The van der Waals surface area contributed by atoms with Gasteiger partial charge in [0.25, 0.3) is 0 Å². The minimum absolute atomic E-state index is 0.527. The summed E-state index contributed by atoms with van der Waals surface area (Å²) in [5, 5.41) is 9.18. The maximum absolute atomic E-state index is 5.71. The second-order valence-corrected chi connectivity index (χ2v) is 21.0. The molecule has 17 aromatic rings. The van der Waals surface area contributed by atoms with Crippen LogP contribution in [0, 0.1) is 0 Å². The molecule has 0 aliphatic carbocycles. The molecule has 6 aromatic heterocycles. The molecule has 0 aliphatic heterocycles. The van der Waals surface area contributed by atoms with Crippen molar-refractivity contribution in [2.24, 2.45) is 0 Å². The highest BCUT2D eigenvalue weighted by Gasteiger charge is 2.24. The van der Waals surface area contributed by atoms with Crippen molar-refractivity contribution in [3.8, 4) is 68.3 Å². The van der Waals surface area contributed by atoms with E-state index in [0.717, 1.165) is 116 Å². The van der Waals surface area contributed by atoms with Crippen LogP contribution in [0.15, 0.2) is 279 Å². The van der Waals surface area contributed by atoms with E-state index in [1.165, 1.54) is 21.5 Å². The van der Waals surface area contributed by atoms with Crippen molar-refractivity contribution >= 4 is 87.2 Å². The Morgan fingerprint density at radius 3 is 0.902 bits per heavy atom. The van der Waals surface area contributed by atoms with E-state index in [-0.39, 0.29) is 0 Å². The van der Waals surface area contributed by atoms with Gasteiger partial charge in [0.15, 0.2) is 11.6 Å². The van der Waals surface area contributed by atoms with Crippen LogP contribution < -0.4 is 0 Å². The molecule has 0 unspecified atom stereocenters. The van der Waals surface area contributed by atoms with Crippen molar-refractivity contribution in [2.75, 3.05) is 0 Å². The number of aromatic nitrogens is 8. The van der Waals surface area contributed by atoms with E-state index >= 15 is 0 Å². The first kappa shape index (κ1) is 45.8. The minimum atomic E-state index is 0.527. The van der Waals surface area contributed by atoms with Crippen molar-refractivity contribution in [1.82, 2.24) is 38.2 Å². The fourth-order valence-corrected chi connectivity index (χ4v) is 12.7. The zero-order valence-electron chi connectivity index (χ0n) is 44.1. The molecule has 11 aromatic carbocycles. The molecule has 0 aliphatic rings. The van der Waals surface area contributed by atoms with Gasteiger partial charge in [-0.2, -0.15) is 9.97 Å². The predicted octanol–water partition coefficient (Wildman–Crippen LogP) is 18.3. The summed E-state index contributed by atoms with van der Waals surface area (Å²) in [7, 11) is 0. The third-order valence-corrected chi connectivity index (χ3v) is 16.4. The van der Waals surface area contributed by atoms with E-state index in [2.05, 4.69) is 285 Å². The molecule has 8 heteroatoms. The zero-order valence-corrected chi connectivity index (χ0v) is 44.1. The smallest absolute Gasteiger partial charge is 0.238 e. The van der Waals surface area contributed by atoms with Gasteiger partial charge >= 0.3 is 0 Å². The lowest BCUT2D eigenvalue weighted by molar-refractivity contribution is 0.953. The Balaban J connectivity index is 0.934. The van der Waals surface area contributed by atoms with Gasteiger partial charge in [0, 0.05) is 66.3 Å². The SMILES string of the molecule is c1ccc(-c2ccc(-c3nc(-c4ccc(-c5ccccc5)cc4)nc(-n4c5ccccc5c5cc6c7ccccc7n(-c7cc(-n8c9ccccc9c9ccccc98)nc(-n8c9ccccc9c9ccccc98)c7)c6cc54)n3)cc2)cc1. The third-order valence-electron chi connectivity index (χ3n) is 16.4. The molecule has 82 heavy (non-hydrogen) atoms. The van der Waals surface area contributed by atoms with Crippen molar-refractivity contribution in [1.29, 1.82) is 0 Å². The molecule has 0 N–H and O–H groups in total. The van der Waals surface area contributed by atoms with Gasteiger partial charge in [-0.25, -0.2) is 9.97 Å². The Hall–Kier alpha value is -11.2. The lowest BCUT2D eigenvalue weighted by Gasteiger charge is -2.16. The normalized spacial score (nSPS) is 11.9. The van der Waals surface area contributed by atoms with Crippen molar-refractivity contribution in [3.05, 3.63) is 279 Å². The first-order valence-corrected chi connectivity index (χ1v) is 27.7. The van der Waals surface area contributed by atoms with Gasteiger partial charge in [-0.3, -0.25) is 13.7 Å². The second-order valence-electron chi connectivity index (χ2n) is 21.0. The minimum Gasteiger partial charge on any atom is -0.309 e. The number of fused-ring (bicyclic) bond motifs is 12. The predicted molar refractivity (Wildman–Crippen MR) is 337 cm³/mol. The van der Waals surface area contributed by atoms with Crippen molar-refractivity contribution < 1.29 is 0 Å². The van der Waals surface area contributed by atoms with Crippen LogP contribution in [0.25, 0.3) is 156 Å². The third kappa shape index (κ3) is 7.11. The molecule has 6 heterocycles. The molecule has 0 saturated carbocycles. The fourth-order valence-electron chi connectivity index (χ4n) is 12.7. The molecule has 0 radical (unpaired) electrons. The van der Waals surface area contributed by atoms with Gasteiger partial charge in [-0.1, -0.05) is 218 Å². The Kier molecular flexibility index (Phi) is 10.1. The number of hydrogen-bond acceptors (Lipinski definition) is 4. The largest absolute Gasteiger partial charge is 0.309 e. The van der Waals surface area contributed by atoms with Crippen LogP contribution in [0.3, 0.4) is 0 Å². The molecular weight excluding hydrogens is 1000 g/mol. The van der Waals surface area contributed by atoms with Crippen LogP contribution in [0.2, 0.25) is 0 Å². The standard InChI is InChI=1S/C74H46N8/c1-3-19-47(20-4-1)49-35-39-51(40-36-49)72-76-73(52-41-37-50(38-42-52)48-21-5-2-6-22-48)78-74(77-72)82-67-34-18-12-28-59(67)61-45-60-58-27-11-13-29-62(58)79(68(60)46-69(61)82)53-43-70(80-63-30-14-7-23-54(63)55-24-8-15-31-64(55)80)75-71(44-53)81-65-32-16-9-25-56(65)57-26-10-17-33-66(57)81/h1-46H. The molecular formula is C74H46N8. The van der Waals surface area contributed by atoms with Gasteiger partial charge in [-0.15, -0.1) is 0 Å². The number of hydrogen-bond donors (Lipinski definition) is 0. The monoisotopic (exact) mass is 1050 g/mol. The number of benzene rings is 11. The van der Waals surface area contributed by atoms with Gasteiger partial charge < -0.3 is 4.57 Å². The van der Waals surface area contributed by atoms with Crippen molar-refractivity contribution in [2.45, 2.75) is 0 Å². The Bertz CT molecular complexity index is 5040. The van der Waals surface area contributed by atoms with E-state index in [4.69, 9.17) is 19.9 Å². The molecule has 0 amide bonds. The molecule has 0 atom stereocenters. The van der Waals surface area contributed by atoms with Gasteiger partial charge in [0.2, 0.25) is 5.95 Å². The molecule has 8 nitrogen and oxygen atoms in total. The maximum atomic E-state index is 5.71. The van der Waals surface area contributed by atoms with Crippen LogP contribution in [-0.2, 0) is 0 Å². The highest BCUT2D eigenvalue weighted by molar-refractivity contribution is 6.19. The molecule has 17 rings (SSSR count). The summed E-state index contributed by atoms with van der Waals surface area (Å²) in [4.78, 5) is 21.9. The molecule has 0 spiro atoms.